The van der Waals surface area contributed by atoms with Crippen molar-refractivity contribution in [2.45, 2.75) is 25.8 Å². The SMILES string of the molecule is CCOC(=O)N1CCC(NC(=O)COc2cccc(OC)c2)CC1. The summed E-state index contributed by atoms with van der Waals surface area (Å²) in [5, 5.41) is 2.94. The van der Waals surface area contributed by atoms with E-state index in [4.69, 9.17) is 14.2 Å². The van der Waals surface area contributed by atoms with E-state index in [9.17, 15) is 9.59 Å². The smallest absolute Gasteiger partial charge is 0.409 e. The molecule has 7 nitrogen and oxygen atoms in total. The molecular weight excluding hydrogens is 312 g/mol. The quantitative estimate of drug-likeness (QED) is 0.857. The second-order valence-corrected chi connectivity index (χ2v) is 5.50. The van der Waals surface area contributed by atoms with Gasteiger partial charge in [0.25, 0.3) is 5.91 Å². The van der Waals surface area contributed by atoms with E-state index >= 15 is 0 Å². The van der Waals surface area contributed by atoms with Crippen LogP contribution in [0, 0.1) is 0 Å². The van der Waals surface area contributed by atoms with Crippen molar-refractivity contribution in [2.75, 3.05) is 33.4 Å². The van der Waals surface area contributed by atoms with Gasteiger partial charge in [0.15, 0.2) is 6.61 Å². The Bertz CT molecular complexity index is 556. The highest BCUT2D eigenvalue weighted by Crippen LogP contribution is 2.18. The molecule has 24 heavy (non-hydrogen) atoms. The van der Waals surface area contributed by atoms with Gasteiger partial charge in [-0.15, -0.1) is 0 Å². The Kier molecular flexibility index (Phi) is 6.72. The number of piperidine rings is 1. The summed E-state index contributed by atoms with van der Waals surface area (Å²) in [5.41, 5.74) is 0. The van der Waals surface area contributed by atoms with Gasteiger partial charge in [-0.05, 0) is 31.9 Å². The number of hydrogen-bond donors (Lipinski definition) is 1. The molecule has 0 bridgehead atoms. The summed E-state index contributed by atoms with van der Waals surface area (Å²) in [4.78, 5) is 25.3. The first-order chi connectivity index (χ1) is 11.6. The lowest BCUT2D eigenvalue weighted by atomic mass is 10.1. The molecule has 1 saturated heterocycles. The largest absolute Gasteiger partial charge is 0.497 e. The number of rotatable bonds is 6. The van der Waals surface area contributed by atoms with Gasteiger partial charge in [0, 0.05) is 25.2 Å². The van der Waals surface area contributed by atoms with Gasteiger partial charge in [0.1, 0.15) is 11.5 Å². The molecule has 7 heteroatoms. The Morgan fingerprint density at radius 3 is 2.62 bits per heavy atom. The van der Waals surface area contributed by atoms with Gasteiger partial charge in [-0.1, -0.05) is 6.07 Å². The van der Waals surface area contributed by atoms with Crippen LogP contribution in [0.1, 0.15) is 19.8 Å². The summed E-state index contributed by atoms with van der Waals surface area (Å²) >= 11 is 0. The minimum absolute atomic E-state index is 0.0503. The zero-order valence-corrected chi connectivity index (χ0v) is 14.1. The lowest BCUT2D eigenvalue weighted by Gasteiger charge is -2.31. The molecule has 1 fully saturated rings. The monoisotopic (exact) mass is 336 g/mol. The summed E-state index contributed by atoms with van der Waals surface area (Å²) in [6.07, 6.45) is 1.14. The number of carbonyl (C=O) groups excluding carboxylic acids is 2. The maximum atomic E-state index is 12.0. The molecule has 1 aromatic carbocycles. The first-order valence-corrected chi connectivity index (χ1v) is 8.10. The number of hydrogen-bond acceptors (Lipinski definition) is 5. The molecule has 1 aromatic rings. The number of carbonyl (C=O) groups is 2. The molecule has 1 aliphatic rings. The maximum absolute atomic E-state index is 12.0. The summed E-state index contributed by atoms with van der Waals surface area (Å²) in [7, 11) is 1.58. The van der Waals surface area contributed by atoms with E-state index in [2.05, 4.69) is 5.32 Å². The summed E-state index contributed by atoms with van der Waals surface area (Å²) in [6, 6.07) is 7.16. The third-order valence-electron chi connectivity index (χ3n) is 3.80. The van der Waals surface area contributed by atoms with Gasteiger partial charge in [0.05, 0.1) is 13.7 Å². The number of likely N-dealkylation sites (tertiary alicyclic amines) is 1. The predicted molar refractivity (Wildman–Crippen MR) is 88.2 cm³/mol. The third kappa shape index (κ3) is 5.33. The first-order valence-electron chi connectivity index (χ1n) is 8.10. The third-order valence-corrected chi connectivity index (χ3v) is 3.80. The van der Waals surface area contributed by atoms with Crippen LogP contribution in [0.2, 0.25) is 0 Å². The van der Waals surface area contributed by atoms with Crippen LogP contribution in [-0.2, 0) is 9.53 Å². The van der Waals surface area contributed by atoms with Crippen LogP contribution in [-0.4, -0.2) is 56.4 Å². The zero-order chi connectivity index (χ0) is 17.4. The van der Waals surface area contributed by atoms with Crippen molar-refractivity contribution in [3.8, 4) is 11.5 Å². The average Bonchev–Trinajstić information content (AvgIpc) is 2.61. The van der Waals surface area contributed by atoms with E-state index < -0.39 is 0 Å². The Morgan fingerprint density at radius 1 is 1.25 bits per heavy atom. The molecule has 0 spiro atoms. The minimum atomic E-state index is -0.288. The van der Waals surface area contributed by atoms with E-state index in [1.165, 1.54) is 0 Å². The molecule has 0 unspecified atom stereocenters. The Morgan fingerprint density at radius 2 is 1.96 bits per heavy atom. The van der Waals surface area contributed by atoms with Gasteiger partial charge < -0.3 is 24.4 Å². The van der Waals surface area contributed by atoms with Crippen molar-refractivity contribution in [3.63, 3.8) is 0 Å². The molecule has 1 N–H and O–H groups in total. The highest BCUT2D eigenvalue weighted by atomic mass is 16.6. The topological polar surface area (TPSA) is 77.1 Å². The van der Waals surface area contributed by atoms with Crippen molar-refractivity contribution in [3.05, 3.63) is 24.3 Å². The van der Waals surface area contributed by atoms with Crippen LogP contribution in [0.5, 0.6) is 11.5 Å². The van der Waals surface area contributed by atoms with Gasteiger partial charge in [-0.25, -0.2) is 4.79 Å². The van der Waals surface area contributed by atoms with Crippen molar-refractivity contribution in [1.29, 1.82) is 0 Å². The van der Waals surface area contributed by atoms with Crippen molar-refractivity contribution < 1.29 is 23.8 Å². The number of methoxy groups -OCH3 is 1. The molecule has 1 heterocycles. The van der Waals surface area contributed by atoms with Crippen LogP contribution in [0.3, 0.4) is 0 Å². The lowest BCUT2D eigenvalue weighted by molar-refractivity contribution is -0.124. The second-order valence-electron chi connectivity index (χ2n) is 5.50. The number of ether oxygens (including phenoxy) is 3. The molecule has 132 valence electrons. The van der Waals surface area contributed by atoms with E-state index in [1.807, 2.05) is 6.07 Å². The van der Waals surface area contributed by atoms with Crippen LogP contribution in [0.15, 0.2) is 24.3 Å². The van der Waals surface area contributed by atoms with Crippen LogP contribution < -0.4 is 14.8 Å². The zero-order valence-electron chi connectivity index (χ0n) is 14.1. The molecule has 0 radical (unpaired) electrons. The van der Waals surface area contributed by atoms with Gasteiger partial charge in [-0.2, -0.15) is 0 Å². The van der Waals surface area contributed by atoms with E-state index in [0.717, 1.165) is 0 Å². The molecule has 1 aliphatic heterocycles. The Labute approximate surface area is 141 Å². The molecule has 0 aliphatic carbocycles. The van der Waals surface area contributed by atoms with E-state index in [-0.39, 0.29) is 24.6 Å². The molecule has 0 saturated carbocycles. The van der Waals surface area contributed by atoms with E-state index in [0.29, 0.717) is 44.0 Å². The summed E-state index contributed by atoms with van der Waals surface area (Å²) in [6.45, 7) is 3.27. The van der Waals surface area contributed by atoms with Gasteiger partial charge in [-0.3, -0.25) is 4.79 Å². The summed E-state index contributed by atoms with van der Waals surface area (Å²) in [5.74, 6) is 1.09. The summed E-state index contributed by atoms with van der Waals surface area (Å²) < 4.78 is 15.5. The molecule has 2 amide bonds. The highest BCUT2D eigenvalue weighted by molar-refractivity contribution is 5.78. The predicted octanol–water partition coefficient (Wildman–Crippen LogP) is 1.81. The normalized spacial score (nSPS) is 14.8. The van der Waals surface area contributed by atoms with Crippen molar-refractivity contribution in [2.24, 2.45) is 0 Å². The van der Waals surface area contributed by atoms with Gasteiger partial charge in [0.2, 0.25) is 0 Å². The number of nitrogens with zero attached hydrogens (tertiary/aromatic N) is 1. The lowest BCUT2D eigenvalue weighted by Crippen LogP contribution is -2.47. The number of amides is 2. The van der Waals surface area contributed by atoms with Gasteiger partial charge >= 0.3 is 6.09 Å². The number of nitrogens with one attached hydrogen (secondary N) is 1. The van der Waals surface area contributed by atoms with Crippen LogP contribution in [0.4, 0.5) is 4.79 Å². The number of benzene rings is 1. The standard InChI is InChI=1S/C17H24N2O5/c1-3-23-17(21)19-9-7-13(8-10-19)18-16(20)12-24-15-6-4-5-14(11-15)22-2/h4-6,11,13H,3,7-10,12H2,1-2H3,(H,18,20). The van der Waals surface area contributed by atoms with Crippen LogP contribution in [0.25, 0.3) is 0 Å². The fraction of sp³-hybridized carbons (Fsp3) is 0.529. The minimum Gasteiger partial charge on any atom is -0.497 e. The fourth-order valence-corrected chi connectivity index (χ4v) is 2.53. The molecular formula is C17H24N2O5. The van der Waals surface area contributed by atoms with Crippen molar-refractivity contribution >= 4 is 12.0 Å². The Balaban J connectivity index is 1.70. The molecule has 0 atom stereocenters. The highest BCUT2D eigenvalue weighted by Gasteiger charge is 2.24. The fourth-order valence-electron chi connectivity index (χ4n) is 2.53. The molecule has 0 aromatic heterocycles. The second kappa shape index (κ2) is 9.00. The van der Waals surface area contributed by atoms with Crippen molar-refractivity contribution in [1.82, 2.24) is 10.2 Å². The molecule has 2 rings (SSSR count). The van der Waals surface area contributed by atoms with E-state index in [1.54, 1.807) is 37.1 Å². The Hall–Kier alpha value is -2.44. The first kappa shape index (κ1) is 17.9. The maximum Gasteiger partial charge on any atom is 0.409 e. The van der Waals surface area contributed by atoms with Crippen LogP contribution >= 0.6 is 0 Å². The average molecular weight is 336 g/mol.